The fourth-order valence-electron chi connectivity index (χ4n) is 2.72. The molecule has 2 aromatic rings. The molecule has 2 heterocycles. The van der Waals surface area contributed by atoms with Gasteiger partial charge in [0.1, 0.15) is 0 Å². The van der Waals surface area contributed by atoms with Crippen LogP contribution in [0.4, 0.5) is 0 Å². The van der Waals surface area contributed by atoms with Crippen LogP contribution in [0.5, 0.6) is 0 Å². The monoisotopic (exact) mass is 261 g/mol. The van der Waals surface area contributed by atoms with E-state index in [-0.39, 0.29) is 5.91 Å². The third-order valence-electron chi connectivity index (χ3n) is 4.04. The number of fused-ring (bicyclic) bond motifs is 1. The molecule has 1 spiro atoms. The highest BCUT2D eigenvalue weighted by atomic mass is 35.5. The average Bonchev–Trinajstić information content (AvgIpc) is 2.97. The van der Waals surface area contributed by atoms with Crippen molar-refractivity contribution in [1.29, 1.82) is 0 Å². The molecule has 1 saturated carbocycles. The van der Waals surface area contributed by atoms with Gasteiger partial charge in [-0.2, -0.15) is 5.10 Å². The van der Waals surface area contributed by atoms with Gasteiger partial charge < -0.3 is 4.90 Å². The molecule has 0 bridgehead atoms. The molecule has 1 aliphatic carbocycles. The van der Waals surface area contributed by atoms with Gasteiger partial charge in [-0.15, -0.1) is 0 Å². The van der Waals surface area contributed by atoms with E-state index in [1.807, 2.05) is 11.0 Å². The summed E-state index contributed by atoms with van der Waals surface area (Å²) in [5.41, 5.74) is 1.93. The van der Waals surface area contributed by atoms with Gasteiger partial charge in [-0.05, 0) is 25.0 Å². The first kappa shape index (κ1) is 10.4. The van der Waals surface area contributed by atoms with E-state index in [4.69, 9.17) is 11.6 Å². The lowest BCUT2D eigenvalue weighted by molar-refractivity contribution is 0.0443. The maximum atomic E-state index is 12.3. The zero-order valence-corrected chi connectivity index (χ0v) is 10.5. The van der Waals surface area contributed by atoms with Crippen molar-refractivity contribution < 1.29 is 4.79 Å². The summed E-state index contributed by atoms with van der Waals surface area (Å²) in [5.74, 6) is 0.0810. The van der Waals surface area contributed by atoms with Crippen molar-refractivity contribution in [3.05, 3.63) is 28.9 Å². The summed E-state index contributed by atoms with van der Waals surface area (Å²) in [6.45, 7) is 1.82. The Kier molecular flexibility index (Phi) is 1.88. The normalized spacial score (nSPS) is 20.2. The van der Waals surface area contributed by atoms with Crippen molar-refractivity contribution in [3.63, 3.8) is 0 Å². The second-order valence-electron chi connectivity index (χ2n) is 5.45. The molecule has 0 unspecified atom stereocenters. The minimum atomic E-state index is 0.0810. The Morgan fingerprint density at radius 2 is 2.17 bits per heavy atom. The number of rotatable bonds is 1. The maximum absolute atomic E-state index is 12.3. The Morgan fingerprint density at radius 1 is 1.39 bits per heavy atom. The predicted octanol–water partition coefficient (Wildman–Crippen LogP) is 2.45. The van der Waals surface area contributed by atoms with Crippen molar-refractivity contribution in [3.8, 4) is 0 Å². The van der Waals surface area contributed by atoms with Gasteiger partial charge in [-0.1, -0.05) is 11.6 Å². The van der Waals surface area contributed by atoms with Crippen LogP contribution in [-0.2, 0) is 0 Å². The van der Waals surface area contributed by atoms with E-state index in [0.29, 0.717) is 16.0 Å². The van der Waals surface area contributed by atoms with Gasteiger partial charge in [0, 0.05) is 29.5 Å². The van der Waals surface area contributed by atoms with Crippen LogP contribution in [0.2, 0.25) is 5.02 Å². The maximum Gasteiger partial charge on any atom is 0.253 e. The number of halogens is 1. The first-order valence-corrected chi connectivity index (χ1v) is 6.47. The lowest BCUT2D eigenvalue weighted by Crippen LogP contribution is -2.51. The smallest absolute Gasteiger partial charge is 0.253 e. The van der Waals surface area contributed by atoms with E-state index in [1.54, 1.807) is 12.3 Å². The minimum Gasteiger partial charge on any atom is -0.337 e. The quantitative estimate of drug-likeness (QED) is 0.857. The van der Waals surface area contributed by atoms with Crippen molar-refractivity contribution in [1.82, 2.24) is 15.1 Å². The highest BCUT2D eigenvalue weighted by Crippen LogP contribution is 2.53. The molecular formula is C13H12ClN3O. The largest absolute Gasteiger partial charge is 0.337 e. The molecule has 18 heavy (non-hydrogen) atoms. The SMILES string of the molecule is O=C(c1cc(Cl)c2[nH]ncc2c1)N1CC2(CC2)C1. The lowest BCUT2D eigenvalue weighted by Gasteiger charge is -2.40. The standard InChI is InChI=1S/C13H12ClN3O/c14-10-4-8(3-9-5-15-16-11(9)10)12(18)17-6-13(7-17)1-2-13/h3-5H,1-2,6-7H2,(H,15,16). The van der Waals surface area contributed by atoms with Gasteiger partial charge in [0.2, 0.25) is 0 Å². The number of amides is 1. The third kappa shape index (κ3) is 1.38. The van der Waals surface area contributed by atoms with E-state index >= 15 is 0 Å². The number of nitrogens with one attached hydrogen (secondary N) is 1. The van der Waals surface area contributed by atoms with Crippen molar-refractivity contribution in [2.24, 2.45) is 5.41 Å². The molecule has 0 radical (unpaired) electrons. The summed E-state index contributed by atoms with van der Waals surface area (Å²) < 4.78 is 0. The Bertz CT molecular complexity index is 651. The number of H-pyrrole nitrogens is 1. The molecule has 2 fully saturated rings. The Hall–Kier alpha value is -1.55. The highest BCUT2D eigenvalue weighted by molar-refractivity contribution is 6.35. The van der Waals surface area contributed by atoms with E-state index in [2.05, 4.69) is 10.2 Å². The molecule has 2 aliphatic rings. The Morgan fingerprint density at radius 3 is 2.89 bits per heavy atom. The van der Waals surface area contributed by atoms with E-state index < -0.39 is 0 Å². The highest BCUT2D eigenvalue weighted by Gasteiger charge is 2.53. The van der Waals surface area contributed by atoms with Crippen LogP contribution in [0.15, 0.2) is 18.3 Å². The summed E-state index contributed by atoms with van der Waals surface area (Å²) in [7, 11) is 0. The van der Waals surface area contributed by atoms with E-state index in [0.717, 1.165) is 24.0 Å². The predicted molar refractivity (Wildman–Crippen MR) is 68.7 cm³/mol. The molecule has 1 saturated heterocycles. The summed E-state index contributed by atoms with van der Waals surface area (Å²) in [6, 6.07) is 3.58. The first-order chi connectivity index (χ1) is 8.67. The van der Waals surface area contributed by atoms with Gasteiger partial charge in [-0.3, -0.25) is 9.89 Å². The Labute approximate surface area is 109 Å². The number of likely N-dealkylation sites (tertiary alicyclic amines) is 1. The molecule has 4 nitrogen and oxygen atoms in total. The molecular weight excluding hydrogens is 250 g/mol. The van der Waals surface area contributed by atoms with Crippen LogP contribution in [0.3, 0.4) is 0 Å². The molecule has 1 amide bonds. The van der Waals surface area contributed by atoms with Crippen molar-refractivity contribution in [2.45, 2.75) is 12.8 Å². The molecule has 0 atom stereocenters. The molecule has 1 aliphatic heterocycles. The van der Waals surface area contributed by atoms with Crippen molar-refractivity contribution >= 4 is 28.4 Å². The van der Waals surface area contributed by atoms with Crippen LogP contribution < -0.4 is 0 Å². The molecule has 4 rings (SSSR count). The van der Waals surface area contributed by atoms with Gasteiger partial charge in [0.15, 0.2) is 0 Å². The number of carbonyl (C=O) groups excluding carboxylic acids is 1. The zero-order chi connectivity index (χ0) is 12.3. The number of hydrogen-bond acceptors (Lipinski definition) is 2. The second-order valence-corrected chi connectivity index (χ2v) is 5.86. The van der Waals surface area contributed by atoms with Crippen LogP contribution in [0, 0.1) is 5.41 Å². The molecule has 1 aromatic carbocycles. The van der Waals surface area contributed by atoms with Crippen molar-refractivity contribution in [2.75, 3.05) is 13.1 Å². The number of aromatic amines is 1. The van der Waals surface area contributed by atoms with Crippen LogP contribution in [0.1, 0.15) is 23.2 Å². The molecule has 1 N–H and O–H groups in total. The van der Waals surface area contributed by atoms with Gasteiger partial charge in [-0.25, -0.2) is 0 Å². The van der Waals surface area contributed by atoms with Gasteiger partial charge in [0.05, 0.1) is 16.7 Å². The molecule has 1 aromatic heterocycles. The van der Waals surface area contributed by atoms with Gasteiger partial charge in [0.25, 0.3) is 5.91 Å². The van der Waals surface area contributed by atoms with E-state index in [9.17, 15) is 4.79 Å². The number of aromatic nitrogens is 2. The average molecular weight is 262 g/mol. The van der Waals surface area contributed by atoms with Crippen LogP contribution >= 0.6 is 11.6 Å². The number of carbonyl (C=O) groups is 1. The minimum absolute atomic E-state index is 0.0810. The lowest BCUT2D eigenvalue weighted by atomic mass is 9.95. The molecule has 5 heteroatoms. The summed E-state index contributed by atoms with van der Waals surface area (Å²) >= 11 is 6.14. The fourth-order valence-corrected chi connectivity index (χ4v) is 2.99. The number of hydrogen-bond donors (Lipinski definition) is 1. The summed E-state index contributed by atoms with van der Waals surface area (Å²) in [6.07, 6.45) is 4.24. The fraction of sp³-hybridized carbons (Fsp3) is 0.385. The first-order valence-electron chi connectivity index (χ1n) is 6.09. The summed E-state index contributed by atoms with van der Waals surface area (Å²) in [5, 5.41) is 8.20. The Balaban J connectivity index is 1.67. The summed E-state index contributed by atoms with van der Waals surface area (Å²) in [4.78, 5) is 14.2. The number of benzene rings is 1. The van der Waals surface area contributed by atoms with Crippen LogP contribution in [0.25, 0.3) is 10.9 Å². The second kappa shape index (κ2) is 3.26. The third-order valence-corrected chi connectivity index (χ3v) is 4.34. The van der Waals surface area contributed by atoms with E-state index in [1.165, 1.54) is 12.8 Å². The number of nitrogens with zero attached hydrogens (tertiary/aromatic N) is 2. The molecule has 92 valence electrons. The zero-order valence-electron chi connectivity index (χ0n) is 9.74. The van der Waals surface area contributed by atoms with Crippen LogP contribution in [-0.4, -0.2) is 34.1 Å². The topological polar surface area (TPSA) is 49.0 Å². The van der Waals surface area contributed by atoms with Gasteiger partial charge >= 0.3 is 0 Å².